The number of aliphatic imine (C=N–C) groups is 1. The number of amides is 1. The average molecular weight is 292 g/mol. The lowest BCUT2D eigenvalue weighted by Crippen LogP contribution is -2.27. The maximum absolute atomic E-state index is 11.9. The van der Waals surface area contributed by atoms with Gasteiger partial charge in [-0.2, -0.15) is 0 Å². The third-order valence-electron chi connectivity index (χ3n) is 2.96. The van der Waals surface area contributed by atoms with Crippen LogP contribution in [-0.2, 0) is 4.79 Å². The Bertz CT molecular complexity index is 667. The summed E-state index contributed by atoms with van der Waals surface area (Å²) in [7, 11) is 1.75. The summed E-state index contributed by atoms with van der Waals surface area (Å²) in [6.45, 7) is 0.123. The van der Waals surface area contributed by atoms with Gasteiger partial charge in [-0.15, -0.1) is 11.3 Å². The Labute approximate surface area is 119 Å². The molecular formula is C13H10ClN3OS. The van der Waals surface area contributed by atoms with Crippen molar-refractivity contribution in [3.8, 4) is 0 Å². The minimum Gasteiger partial charge on any atom is -0.313 e. The number of benzodiazepines with no additional fused rings is 1. The van der Waals surface area contributed by atoms with Gasteiger partial charge in [-0.3, -0.25) is 9.79 Å². The highest BCUT2D eigenvalue weighted by atomic mass is 35.5. The van der Waals surface area contributed by atoms with Gasteiger partial charge in [0.25, 0.3) is 0 Å². The molecule has 0 aliphatic carbocycles. The van der Waals surface area contributed by atoms with Crippen LogP contribution >= 0.6 is 22.9 Å². The first-order chi connectivity index (χ1) is 9.16. The zero-order valence-corrected chi connectivity index (χ0v) is 11.7. The van der Waals surface area contributed by atoms with Gasteiger partial charge in [0.2, 0.25) is 5.91 Å². The number of anilines is 1. The Kier molecular flexibility index (Phi) is 3.08. The summed E-state index contributed by atoms with van der Waals surface area (Å²) in [5.41, 5.74) is 2.38. The van der Waals surface area contributed by atoms with E-state index in [1.54, 1.807) is 24.2 Å². The van der Waals surface area contributed by atoms with Crippen LogP contribution in [-0.4, -0.2) is 30.2 Å². The molecule has 1 aliphatic heterocycles. The van der Waals surface area contributed by atoms with Crippen LogP contribution in [0.3, 0.4) is 0 Å². The molecule has 4 nitrogen and oxygen atoms in total. The molecule has 0 spiro atoms. The first-order valence-electron chi connectivity index (χ1n) is 5.67. The second-order valence-corrected chi connectivity index (χ2v) is 5.45. The summed E-state index contributed by atoms with van der Waals surface area (Å²) in [4.78, 5) is 22.2. The predicted molar refractivity (Wildman–Crippen MR) is 77.5 cm³/mol. The van der Waals surface area contributed by atoms with Crippen molar-refractivity contribution in [1.29, 1.82) is 0 Å². The Morgan fingerprint density at radius 1 is 1.42 bits per heavy atom. The number of aromatic nitrogens is 1. The largest absolute Gasteiger partial charge is 0.313 e. The van der Waals surface area contributed by atoms with E-state index in [4.69, 9.17) is 11.6 Å². The lowest BCUT2D eigenvalue weighted by Gasteiger charge is -2.17. The number of fused-ring (bicyclic) bond motifs is 1. The first-order valence-corrected chi connectivity index (χ1v) is 6.93. The van der Waals surface area contributed by atoms with E-state index in [2.05, 4.69) is 9.98 Å². The summed E-state index contributed by atoms with van der Waals surface area (Å²) >= 11 is 7.56. The fraction of sp³-hybridized carbons (Fsp3) is 0.154. The minimum absolute atomic E-state index is 0.0462. The molecule has 0 N–H and O–H groups in total. The Hall–Kier alpha value is -1.72. The number of nitrogens with zero attached hydrogens (tertiary/aromatic N) is 3. The number of benzene rings is 1. The number of rotatable bonds is 1. The molecular weight excluding hydrogens is 282 g/mol. The van der Waals surface area contributed by atoms with Gasteiger partial charge in [0.05, 0.1) is 5.69 Å². The molecule has 2 aromatic rings. The van der Waals surface area contributed by atoms with Crippen LogP contribution in [0.4, 0.5) is 5.69 Å². The molecule has 19 heavy (non-hydrogen) atoms. The van der Waals surface area contributed by atoms with Gasteiger partial charge < -0.3 is 4.90 Å². The highest BCUT2D eigenvalue weighted by Gasteiger charge is 2.23. The standard InChI is InChI=1S/C13H10ClN3OS/c1-17-10-3-2-8(14)6-9(10)12(16-7-11(17)18)13-15-4-5-19-13/h2-6H,7H2,1H3. The maximum Gasteiger partial charge on any atom is 0.248 e. The average Bonchev–Trinajstić information content (AvgIpc) is 2.88. The van der Waals surface area contributed by atoms with Crippen molar-refractivity contribution < 1.29 is 4.79 Å². The molecule has 1 amide bonds. The lowest BCUT2D eigenvalue weighted by atomic mass is 10.1. The monoisotopic (exact) mass is 291 g/mol. The van der Waals surface area contributed by atoms with Crippen molar-refractivity contribution in [1.82, 2.24) is 4.98 Å². The predicted octanol–water partition coefficient (Wildman–Crippen LogP) is 2.61. The Balaban J connectivity index is 2.24. The molecule has 96 valence electrons. The number of carbonyl (C=O) groups excluding carboxylic acids is 1. The van der Waals surface area contributed by atoms with E-state index in [0.717, 1.165) is 22.0 Å². The summed E-state index contributed by atoms with van der Waals surface area (Å²) in [6.07, 6.45) is 1.73. The molecule has 0 atom stereocenters. The molecule has 0 saturated carbocycles. The number of halogens is 1. The molecule has 6 heteroatoms. The smallest absolute Gasteiger partial charge is 0.248 e. The summed E-state index contributed by atoms with van der Waals surface area (Å²) in [5, 5.41) is 3.30. The normalized spacial score (nSPS) is 14.9. The highest BCUT2D eigenvalue weighted by Crippen LogP contribution is 2.29. The van der Waals surface area contributed by atoms with Crippen molar-refractivity contribution >= 4 is 40.2 Å². The number of carbonyl (C=O) groups is 1. The Morgan fingerprint density at radius 2 is 2.26 bits per heavy atom. The molecule has 1 aliphatic rings. The summed E-state index contributed by atoms with van der Waals surface area (Å²) in [6, 6.07) is 5.44. The van der Waals surface area contributed by atoms with Crippen LogP contribution in [0.5, 0.6) is 0 Å². The van der Waals surface area contributed by atoms with Gasteiger partial charge in [-0.25, -0.2) is 4.98 Å². The molecule has 0 fully saturated rings. The van der Waals surface area contributed by atoms with Crippen molar-refractivity contribution in [3.63, 3.8) is 0 Å². The molecule has 1 aromatic heterocycles. The number of hydrogen-bond acceptors (Lipinski definition) is 4. The van der Waals surface area contributed by atoms with Gasteiger partial charge in [0.1, 0.15) is 17.3 Å². The lowest BCUT2D eigenvalue weighted by molar-refractivity contribution is -0.116. The molecule has 1 aromatic carbocycles. The van der Waals surface area contributed by atoms with E-state index in [0.29, 0.717) is 5.02 Å². The topological polar surface area (TPSA) is 45.6 Å². The molecule has 3 rings (SSSR count). The summed E-state index contributed by atoms with van der Waals surface area (Å²) < 4.78 is 0. The SMILES string of the molecule is CN1C(=O)CN=C(c2nccs2)c2cc(Cl)ccc21. The summed E-state index contributed by atoms with van der Waals surface area (Å²) in [5.74, 6) is -0.0462. The van der Waals surface area contributed by atoms with Crippen molar-refractivity contribution in [2.45, 2.75) is 0 Å². The van der Waals surface area contributed by atoms with Gasteiger partial charge in [-0.05, 0) is 18.2 Å². The number of likely N-dealkylation sites (N-methyl/N-ethyl adjacent to an activating group) is 1. The fourth-order valence-electron chi connectivity index (χ4n) is 1.99. The van der Waals surface area contributed by atoms with Crippen molar-refractivity contribution in [2.75, 3.05) is 18.5 Å². The van der Waals surface area contributed by atoms with Crippen LogP contribution in [0.2, 0.25) is 5.02 Å². The van der Waals surface area contributed by atoms with Gasteiger partial charge in [-0.1, -0.05) is 11.6 Å². The van der Waals surface area contributed by atoms with Gasteiger partial charge >= 0.3 is 0 Å². The highest BCUT2D eigenvalue weighted by molar-refractivity contribution is 7.11. The van der Waals surface area contributed by atoms with E-state index < -0.39 is 0 Å². The quantitative estimate of drug-likeness (QED) is 0.811. The third-order valence-corrected chi connectivity index (χ3v) is 3.97. The number of hydrogen-bond donors (Lipinski definition) is 0. The zero-order valence-electron chi connectivity index (χ0n) is 10.1. The van der Waals surface area contributed by atoms with E-state index >= 15 is 0 Å². The van der Waals surface area contributed by atoms with Crippen LogP contribution in [0.1, 0.15) is 10.6 Å². The second-order valence-electron chi connectivity index (χ2n) is 4.12. The molecule has 0 bridgehead atoms. The van der Waals surface area contributed by atoms with Crippen molar-refractivity contribution in [3.05, 3.63) is 45.4 Å². The second kappa shape index (κ2) is 4.75. The van der Waals surface area contributed by atoms with E-state index in [-0.39, 0.29) is 12.5 Å². The van der Waals surface area contributed by atoms with Crippen LogP contribution in [0, 0.1) is 0 Å². The Morgan fingerprint density at radius 3 is 3.00 bits per heavy atom. The first kappa shape index (κ1) is 12.3. The zero-order chi connectivity index (χ0) is 13.4. The van der Waals surface area contributed by atoms with Crippen LogP contribution in [0.15, 0.2) is 34.8 Å². The third kappa shape index (κ3) is 2.15. The fourth-order valence-corrected chi connectivity index (χ4v) is 2.82. The molecule has 0 saturated heterocycles. The minimum atomic E-state index is -0.0462. The number of thiazole rings is 1. The van der Waals surface area contributed by atoms with E-state index in [1.807, 2.05) is 17.5 Å². The molecule has 2 heterocycles. The van der Waals surface area contributed by atoms with E-state index in [1.165, 1.54) is 11.3 Å². The molecule has 0 unspecified atom stereocenters. The van der Waals surface area contributed by atoms with E-state index in [9.17, 15) is 4.79 Å². The van der Waals surface area contributed by atoms with Crippen LogP contribution < -0.4 is 4.90 Å². The van der Waals surface area contributed by atoms with Crippen molar-refractivity contribution in [2.24, 2.45) is 4.99 Å². The van der Waals surface area contributed by atoms with Gasteiger partial charge in [0, 0.05) is 29.2 Å². The maximum atomic E-state index is 11.9. The van der Waals surface area contributed by atoms with Gasteiger partial charge in [0.15, 0.2) is 0 Å². The molecule has 0 radical (unpaired) electrons. The van der Waals surface area contributed by atoms with Crippen LogP contribution in [0.25, 0.3) is 0 Å².